The molecule has 0 aromatic rings. The highest BCUT2D eigenvalue weighted by atomic mass is 31.1. The monoisotopic (exact) mass is 150 g/mol. The highest BCUT2D eigenvalue weighted by Crippen LogP contribution is 2.18. The van der Waals surface area contributed by atoms with Gasteiger partial charge in [0.25, 0.3) is 0 Å². The van der Waals surface area contributed by atoms with Crippen molar-refractivity contribution in [3.05, 3.63) is 0 Å². The molecule has 0 aliphatic rings. The molecule has 9 heavy (non-hydrogen) atoms. The second-order valence-electron chi connectivity index (χ2n) is 2.45. The molecule has 2 nitrogen and oxygen atoms in total. The Balaban J connectivity index is 3.16. The van der Waals surface area contributed by atoms with Gasteiger partial charge in [-0.3, -0.25) is 4.57 Å². The summed E-state index contributed by atoms with van der Waals surface area (Å²) >= 11 is 0. The molecule has 0 heterocycles. The lowest BCUT2D eigenvalue weighted by Gasteiger charge is -2.04. The quantitative estimate of drug-likeness (QED) is 0.621. The first-order valence-corrected chi connectivity index (χ1v) is 4.94. The number of rotatable bonds is 4. The Kier molecular flexibility index (Phi) is 5.12. The Labute approximate surface area is 57.1 Å². The summed E-state index contributed by atoms with van der Waals surface area (Å²) in [4.78, 5) is 8.44. The van der Waals surface area contributed by atoms with E-state index in [2.05, 4.69) is 13.8 Å². The zero-order chi connectivity index (χ0) is 7.28. The van der Waals surface area contributed by atoms with Gasteiger partial charge in [0.1, 0.15) is 0 Å². The van der Waals surface area contributed by atoms with E-state index in [1.807, 2.05) is 0 Å². The van der Waals surface area contributed by atoms with Gasteiger partial charge in [0.2, 0.25) is 0 Å². The average molecular weight is 150 g/mol. The van der Waals surface area contributed by atoms with Crippen molar-refractivity contribution in [3.8, 4) is 0 Å². The maximum absolute atomic E-state index is 10.2. The van der Waals surface area contributed by atoms with Gasteiger partial charge in [0, 0.05) is 6.16 Å². The van der Waals surface area contributed by atoms with Crippen LogP contribution < -0.4 is 0 Å². The number of hydrogen-bond acceptors (Lipinski definition) is 1. The zero-order valence-electron chi connectivity index (χ0n) is 6.05. The van der Waals surface area contributed by atoms with E-state index in [0.717, 1.165) is 12.8 Å². The highest BCUT2D eigenvalue weighted by Gasteiger charge is 1.99. The van der Waals surface area contributed by atoms with Gasteiger partial charge in [-0.25, -0.2) is 0 Å². The van der Waals surface area contributed by atoms with Crippen LogP contribution in [0, 0.1) is 5.92 Å². The van der Waals surface area contributed by atoms with Crippen molar-refractivity contribution in [2.75, 3.05) is 6.16 Å². The summed E-state index contributed by atoms with van der Waals surface area (Å²) in [5.41, 5.74) is 0. The summed E-state index contributed by atoms with van der Waals surface area (Å²) < 4.78 is 10.2. The van der Waals surface area contributed by atoms with Crippen molar-refractivity contribution in [2.24, 2.45) is 5.92 Å². The summed E-state index contributed by atoms with van der Waals surface area (Å²) in [6.07, 6.45) is 2.50. The normalized spacial score (nSPS) is 17.2. The fourth-order valence-electron chi connectivity index (χ4n) is 0.574. The SMILES string of the molecule is CCC(C)CC[PH](=O)O. The molecule has 1 N–H and O–H groups in total. The molecule has 3 heteroatoms. The Morgan fingerprint density at radius 2 is 2.22 bits per heavy atom. The molecule has 0 spiro atoms. The van der Waals surface area contributed by atoms with E-state index in [1.54, 1.807) is 0 Å². The standard InChI is InChI=1S/C6H15O2P/c1-3-6(2)4-5-9(7)8/h6,9H,3-5H2,1-2H3,(H,7,8). The summed E-state index contributed by atoms with van der Waals surface area (Å²) in [7, 11) is -2.19. The molecule has 0 bridgehead atoms. The lowest BCUT2D eigenvalue weighted by Crippen LogP contribution is -1.92. The Hall–Kier alpha value is 0.190. The first-order valence-electron chi connectivity index (χ1n) is 3.38. The largest absolute Gasteiger partial charge is 0.346 e. The molecule has 0 rings (SSSR count). The van der Waals surface area contributed by atoms with E-state index in [0.29, 0.717) is 12.1 Å². The van der Waals surface area contributed by atoms with Crippen LogP contribution in [0.4, 0.5) is 0 Å². The van der Waals surface area contributed by atoms with Crippen molar-refractivity contribution in [1.29, 1.82) is 0 Å². The summed E-state index contributed by atoms with van der Waals surface area (Å²) in [5, 5.41) is 0. The summed E-state index contributed by atoms with van der Waals surface area (Å²) in [6.45, 7) is 4.20. The summed E-state index contributed by atoms with van der Waals surface area (Å²) in [5.74, 6) is 0.603. The molecule has 0 aromatic heterocycles. The molecule has 0 aliphatic carbocycles. The van der Waals surface area contributed by atoms with Crippen LogP contribution in [0.2, 0.25) is 0 Å². The van der Waals surface area contributed by atoms with Crippen molar-refractivity contribution in [1.82, 2.24) is 0 Å². The third kappa shape index (κ3) is 6.07. The van der Waals surface area contributed by atoms with Gasteiger partial charge in [-0.1, -0.05) is 20.3 Å². The van der Waals surface area contributed by atoms with Crippen LogP contribution in [-0.2, 0) is 4.57 Å². The van der Waals surface area contributed by atoms with Crippen LogP contribution in [0.1, 0.15) is 26.7 Å². The predicted molar refractivity (Wildman–Crippen MR) is 40.2 cm³/mol. The van der Waals surface area contributed by atoms with Gasteiger partial charge in [0.15, 0.2) is 8.03 Å². The van der Waals surface area contributed by atoms with Crippen molar-refractivity contribution >= 4 is 8.03 Å². The molecular weight excluding hydrogens is 135 g/mol. The fraction of sp³-hybridized carbons (Fsp3) is 1.00. The van der Waals surface area contributed by atoms with Gasteiger partial charge >= 0.3 is 0 Å². The van der Waals surface area contributed by atoms with E-state index in [9.17, 15) is 4.57 Å². The second-order valence-corrected chi connectivity index (χ2v) is 3.73. The van der Waals surface area contributed by atoms with Crippen molar-refractivity contribution < 1.29 is 9.46 Å². The Morgan fingerprint density at radius 1 is 1.67 bits per heavy atom. The van der Waals surface area contributed by atoms with E-state index in [1.165, 1.54) is 0 Å². The molecule has 0 amide bonds. The molecule has 2 unspecified atom stereocenters. The maximum Gasteiger partial charge on any atom is 0.189 e. The lowest BCUT2D eigenvalue weighted by atomic mass is 10.1. The van der Waals surface area contributed by atoms with Crippen molar-refractivity contribution in [2.45, 2.75) is 26.7 Å². The molecule has 0 fully saturated rings. The second kappa shape index (κ2) is 5.01. The minimum absolute atomic E-state index is 0.500. The molecule has 0 aliphatic heterocycles. The Bertz CT molecular complexity index is 93.1. The highest BCUT2D eigenvalue weighted by molar-refractivity contribution is 7.37. The van der Waals surface area contributed by atoms with Gasteiger partial charge < -0.3 is 4.89 Å². The van der Waals surface area contributed by atoms with E-state index in [4.69, 9.17) is 4.89 Å². The molecule has 2 atom stereocenters. The minimum atomic E-state index is -2.19. The summed E-state index contributed by atoms with van der Waals surface area (Å²) in [6, 6.07) is 0. The van der Waals surface area contributed by atoms with Crippen LogP contribution >= 0.6 is 8.03 Å². The minimum Gasteiger partial charge on any atom is -0.346 e. The maximum atomic E-state index is 10.2. The zero-order valence-corrected chi connectivity index (χ0v) is 7.05. The number of hydrogen-bond donors (Lipinski definition) is 1. The van der Waals surface area contributed by atoms with E-state index >= 15 is 0 Å². The lowest BCUT2D eigenvalue weighted by molar-refractivity contribution is 0.484. The van der Waals surface area contributed by atoms with Crippen molar-refractivity contribution in [3.63, 3.8) is 0 Å². The van der Waals surface area contributed by atoms with Gasteiger partial charge in [-0.2, -0.15) is 0 Å². The molecule has 56 valence electrons. The predicted octanol–water partition coefficient (Wildman–Crippen LogP) is 1.89. The van der Waals surface area contributed by atoms with Gasteiger partial charge in [0.05, 0.1) is 0 Å². The first kappa shape index (κ1) is 9.19. The molecule has 0 saturated carbocycles. The topological polar surface area (TPSA) is 37.3 Å². The average Bonchev–Trinajstić information content (AvgIpc) is 1.83. The molecular formula is C6H15O2P. The van der Waals surface area contributed by atoms with Crippen LogP contribution in [0.25, 0.3) is 0 Å². The third-order valence-electron chi connectivity index (χ3n) is 1.55. The van der Waals surface area contributed by atoms with Crippen LogP contribution in [0.15, 0.2) is 0 Å². The van der Waals surface area contributed by atoms with Crippen LogP contribution in [0.3, 0.4) is 0 Å². The fourth-order valence-corrected chi connectivity index (χ4v) is 1.31. The van der Waals surface area contributed by atoms with Gasteiger partial charge in [-0.05, 0) is 12.3 Å². The van der Waals surface area contributed by atoms with Crippen LogP contribution in [-0.4, -0.2) is 11.1 Å². The van der Waals surface area contributed by atoms with Gasteiger partial charge in [-0.15, -0.1) is 0 Å². The third-order valence-corrected chi connectivity index (χ3v) is 2.26. The first-order chi connectivity index (χ1) is 4.16. The smallest absolute Gasteiger partial charge is 0.189 e. The molecule has 0 radical (unpaired) electrons. The Morgan fingerprint density at radius 3 is 2.56 bits per heavy atom. The van der Waals surface area contributed by atoms with E-state index < -0.39 is 8.03 Å². The molecule has 0 aromatic carbocycles. The van der Waals surface area contributed by atoms with Crippen LogP contribution in [0.5, 0.6) is 0 Å². The van der Waals surface area contributed by atoms with E-state index in [-0.39, 0.29) is 0 Å². The molecule has 0 saturated heterocycles.